The van der Waals surface area contributed by atoms with Crippen molar-refractivity contribution in [2.24, 2.45) is 5.73 Å². The average molecular weight is 567 g/mol. The van der Waals surface area contributed by atoms with Crippen molar-refractivity contribution in [2.75, 3.05) is 19.6 Å². The summed E-state index contributed by atoms with van der Waals surface area (Å²) in [6, 6.07) is 0. The molecule has 0 atom stereocenters. The fourth-order valence-corrected chi connectivity index (χ4v) is 5.72. The molecule has 0 saturated carbocycles. The van der Waals surface area contributed by atoms with E-state index in [2.05, 4.69) is 19.2 Å². The molecular formula is C38H82N2. The van der Waals surface area contributed by atoms with Gasteiger partial charge in [0.2, 0.25) is 0 Å². The normalized spacial score (nSPS) is 11.1. The van der Waals surface area contributed by atoms with Crippen molar-refractivity contribution in [2.45, 2.75) is 226 Å². The van der Waals surface area contributed by atoms with Gasteiger partial charge in [0, 0.05) is 0 Å². The summed E-state index contributed by atoms with van der Waals surface area (Å²) in [6.07, 6.45) is 46.7. The molecule has 0 rings (SSSR count). The van der Waals surface area contributed by atoms with Crippen LogP contribution in [0.5, 0.6) is 0 Å². The van der Waals surface area contributed by atoms with E-state index < -0.39 is 0 Å². The Morgan fingerprint density at radius 2 is 0.425 bits per heavy atom. The van der Waals surface area contributed by atoms with E-state index in [1.54, 1.807) is 0 Å². The molecule has 0 radical (unpaired) electrons. The van der Waals surface area contributed by atoms with Gasteiger partial charge >= 0.3 is 0 Å². The smallest absolute Gasteiger partial charge is 0.00489 e. The predicted octanol–water partition coefficient (Wildman–Crippen LogP) is 13.1. The summed E-state index contributed by atoms with van der Waals surface area (Å²) in [5, 5.41) is 3.68. The van der Waals surface area contributed by atoms with Crippen LogP contribution < -0.4 is 11.1 Å². The van der Waals surface area contributed by atoms with Crippen LogP contribution >= 0.6 is 0 Å². The fraction of sp³-hybridized carbons (Fsp3) is 1.00. The highest BCUT2D eigenvalue weighted by Gasteiger charge is 1.97. The van der Waals surface area contributed by atoms with E-state index in [1.807, 2.05) is 6.92 Å². The topological polar surface area (TPSA) is 38.0 Å². The van der Waals surface area contributed by atoms with Crippen LogP contribution in [0.4, 0.5) is 0 Å². The second-order valence-corrected chi connectivity index (χ2v) is 12.8. The van der Waals surface area contributed by atoms with Gasteiger partial charge in [0.05, 0.1) is 0 Å². The number of nitrogens with two attached hydrogens (primary N) is 1. The van der Waals surface area contributed by atoms with Crippen molar-refractivity contribution >= 4 is 0 Å². The Morgan fingerprint density at radius 3 is 0.600 bits per heavy atom. The van der Waals surface area contributed by atoms with Crippen LogP contribution in [0.15, 0.2) is 0 Å². The molecule has 0 fully saturated rings. The van der Waals surface area contributed by atoms with Crippen LogP contribution in [0.2, 0.25) is 0 Å². The summed E-state index contributed by atoms with van der Waals surface area (Å²) in [6.45, 7) is 9.76. The maximum Gasteiger partial charge on any atom is -0.00489 e. The molecular weight excluding hydrogens is 484 g/mol. The first kappa shape index (κ1) is 42.1. The van der Waals surface area contributed by atoms with Crippen molar-refractivity contribution < 1.29 is 0 Å². The molecule has 40 heavy (non-hydrogen) atoms. The quantitative estimate of drug-likeness (QED) is 0.0760. The SMILES string of the molecule is CCCCCCCCCCCCCCCCCCNCCCCCCCCCCCCCCCCCC.CCN. The van der Waals surface area contributed by atoms with Crippen LogP contribution in [0.1, 0.15) is 226 Å². The lowest BCUT2D eigenvalue weighted by atomic mass is 10.0. The molecule has 244 valence electrons. The average Bonchev–Trinajstić information content (AvgIpc) is 2.96. The number of rotatable bonds is 34. The fourth-order valence-electron chi connectivity index (χ4n) is 5.72. The van der Waals surface area contributed by atoms with E-state index in [-0.39, 0.29) is 0 Å². The third-order valence-corrected chi connectivity index (χ3v) is 8.41. The van der Waals surface area contributed by atoms with Gasteiger partial charge in [-0.1, -0.05) is 213 Å². The highest BCUT2D eigenvalue weighted by atomic mass is 14.8. The first-order valence-electron chi connectivity index (χ1n) is 19.2. The molecule has 0 saturated heterocycles. The molecule has 0 unspecified atom stereocenters. The van der Waals surface area contributed by atoms with Crippen molar-refractivity contribution in [3.8, 4) is 0 Å². The van der Waals surface area contributed by atoms with E-state index in [4.69, 9.17) is 5.73 Å². The van der Waals surface area contributed by atoms with Crippen LogP contribution in [0.25, 0.3) is 0 Å². The largest absolute Gasteiger partial charge is 0.331 e. The van der Waals surface area contributed by atoms with Gasteiger partial charge < -0.3 is 11.1 Å². The van der Waals surface area contributed by atoms with Crippen LogP contribution in [-0.2, 0) is 0 Å². The van der Waals surface area contributed by atoms with Gasteiger partial charge in [-0.15, -0.1) is 0 Å². The highest BCUT2D eigenvalue weighted by Crippen LogP contribution is 2.15. The standard InChI is InChI=1S/C36H75N.C2H7N/c1-3-5-7-9-11-13-15-17-19-21-23-25-27-29-31-33-35-37-36-34-32-30-28-26-24-22-20-18-16-14-12-10-8-6-4-2;1-2-3/h37H,3-36H2,1-2H3;2-3H2,1H3. The second kappa shape index (κ2) is 43.4. The molecule has 2 nitrogen and oxygen atoms in total. The van der Waals surface area contributed by atoms with E-state index in [0.29, 0.717) is 0 Å². The summed E-state index contributed by atoms with van der Waals surface area (Å²) < 4.78 is 0. The predicted molar refractivity (Wildman–Crippen MR) is 187 cm³/mol. The van der Waals surface area contributed by atoms with Crippen molar-refractivity contribution in [1.82, 2.24) is 5.32 Å². The Bertz CT molecular complexity index is 350. The Balaban J connectivity index is 0. The van der Waals surface area contributed by atoms with Gasteiger partial charge in [-0.25, -0.2) is 0 Å². The summed E-state index contributed by atoms with van der Waals surface area (Å²) >= 11 is 0. The molecule has 0 aliphatic carbocycles. The molecule has 0 spiro atoms. The number of unbranched alkanes of at least 4 members (excludes halogenated alkanes) is 30. The second-order valence-electron chi connectivity index (χ2n) is 12.8. The zero-order valence-corrected chi connectivity index (χ0v) is 28.8. The monoisotopic (exact) mass is 567 g/mol. The summed E-state index contributed by atoms with van der Waals surface area (Å²) in [5.74, 6) is 0. The number of nitrogens with one attached hydrogen (secondary N) is 1. The maximum atomic E-state index is 4.85. The summed E-state index contributed by atoms with van der Waals surface area (Å²) in [7, 11) is 0. The highest BCUT2D eigenvalue weighted by molar-refractivity contribution is 4.54. The molecule has 0 heterocycles. The Kier molecular flexibility index (Phi) is 45.6. The zero-order valence-electron chi connectivity index (χ0n) is 28.8. The number of hydrogen-bond acceptors (Lipinski definition) is 2. The molecule has 0 bridgehead atoms. The number of hydrogen-bond donors (Lipinski definition) is 2. The Hall–Kier alpha value is -0.0800. The van der Waals surface area contributed by atoms with E-state index in [9.17, 15) is 0 Å². The van der Waals surface area contributed by atoms with Gasteiger partial charge in [0.1, 0.15) is 0 Å². The first-order valence-corrected chi connectivity index (χ1v) is 19.2. The van der Waals surface area contributed by atoms with Gasteiger partial charge in [-0.05, 0) is 32.5 Å². The Morgan fingerprint density at radius 1 is 0.275 bits per heavy atom. The van der Waals surface area contributed by atoms with Crippen molar-refractivity contribution in [1.29, 1.82) is 0 Å². The van der Waals surface area contributed by atoms with Crippen LogP contribution in [0.3, 0.4) is 0 Å². The lowest BCUT2D eigenvalue weighted by Gasteiger charge is -2.06. The van der Waals surface area contributed by atoms with Crippen molar-refractivity contribution in [3.63, 3.8) is 0 Å². The van der Waals surface area contributed by atoms with Gasteiger partial charge in [0.15, 0.2) is 0 Å². The van der Waals surface area contributed by atoms with Crippen LogP contribution in [0, 0.1) is 0 Å². The molecule has 0 aromatic rings. The molecule has 0 aromatic carbocycles. The molecule has 0 amide bonds. The summed E-state index contributed by atoms with van der Waals surface area (Å²) in [5.41, 5.74) is 4.85. The minimum Gasteiger partial charge on any atom is -0.331 e. The van der Waals surface area contributed by atoms with E-state index in [0.717, 1.165) is 6.54 Å². The Labute approximate surface area is 256 Å². The van der Waals surface area contributed by atoms with E-state index in [1.165, 1.54) is 219 Å². The molecule has 0 aromatic heterocycles. The molecule has 0 aliphatic rings. The molecule has 3 N–H and O–H groups in total. The lowest BCUT2D eigenvalue weighted by Crippen LogP contribution is -2.16. The van der Waals surface area contributed by atoms with Gasteiger partial charge in [-0.3, -0.25) is 0 Å². The van der Waals surface area contributed by atoms with Crippen LogP contribution in [-0.4, -0.2) is 19.6 Å². The summed E-state index contributed by atoms with van der Waals surface area (Å²) in [4.78, 5) is 0. The maximum absolute atomic E-state index is 4.85. The minimum atomic E-state index is 0.750. The van der Waals surface area contributed by atoms with Gasteiger partial charge in [0.25, 0.3) is 0 Å². The first-order chi connectivity index (χ1) is 19.8. The molecule has 0 aliphatic heterocycles. The van der Waals surface area contributed by atoms with E-state index >= 15 is 0 Å². The zero-order chi connectivity index (χ0) is 29.5. The lowest BCUT2D eigenvalue weighted by molar-refractivity contribution is 0.515. The molecule has 2 heteroatoms. The third-order valence-electron chi connectivity index (χ3n) is 8.41. The van der Waals surface area contributed by atoms with Crippen molar-refractivity contribution in [3.05, 3.63) is 0 Å². The van der Waals surface area contributed by atoms with Gasteiger partial charge in [-0.2, -0.15) is 0 Å². The third kappa shape index (κ3) is 44.9. The minimum absolute atomic E-state index is 0.750.